The van der Waals surface area contributed by atoms with Gasteiger partial charge in [-0.15, -0.1) is 0 Å². The van der Waals surface area contributed by atoms with Crippen LogP contribution in [0.1, 0.15) is 22.8 Å². The molecule has 0 amide bonds. The van der Waals surface area contributed by atoms with Crippen LogP contribution in [-0.2, 0) is 13.0 Å². The van der Waals surface area contributed by atoms with Gasteiger partial charge in [-0.1, -0.05) is 0 Å². The fourth-order valence-corrected chi connectivity index (χ4v) is 1.86. The summed E-state index contributed by atoms with van der Waals surface area (Å²) >= 11 is 0. The van der Waals surface area contributed by atoms with Crippen LogP contribution in [0.2, 0.25) is 0 Å². The molecule has 1 aromatic carbocycles. The van der Waals surface area contributed by atoms with Gasteiger partial charge < -0.3 is 10.5 Å². The van der Waals surface area contributed by atoms with Crippen LogP contribution < -0.4 is 10.5 Å². The first-order chi connectivity index (χ1) is 9.13. The van der Waals surface area contributed by atoms with Crippen LogP contribution in [0.3, 0.4) is 0 Å². The summed E-state index contributed by atoms with van der Waals surface area (Å²) in [6.07, 6.45) is 3.86. The van der Waals surface area contributed by atoms with Gasteiger partial charge in [-0.2, -0.15) is 5.10 Å². The van der Waals surface area contributed by atoms with Crippen molar-refractivity contribution in [3.05, 3.63) is 41.7 Å². The Balaban J connectivity index is 2.19. The molecule has 1 heterocycles. The minimum atomic E-state index is -0.0351. The second-order valence-electron chi connectivity index (χ2n) is 4.26. The van der Waals surface area contributed by atoms with Crippen LogP contribution >= 0.6 is 0 Å². The normalized spacial score (nSPS) is 10.4. The Hall–Kier alpha value is -2.30. The van der Waals surface area contributed by atoms with Gasteiger partial charge in [0.05, 0.1) is 13.3 Å². The van der Waals surface area contributed by atoms with Crippen molar-refractivity contribution in [2.24, 2.45) is 0 Å². The van der Waals surface area contributed by atoms with E-state index in [0.717, 1.165) is 12.1 Å². The van der Waals surface area contributed by atoms with E-state index in [4.69, 9.17) is 10.5 Å². The number of hydrogen-bond acceptors (Lipinski definition) is 4. The third kappa shape index (κ3) is 2.93. The molecule has 0 radical (unpaired) electrons. The number of aromatic nitrogens is 2. The molecule has 1 aromatic heterocycles. The van der Waals surface area contributed by atoms with Crippen molar-refractivity contribution in [1.82, 2.24) is 9.78 Å². The predicted octanol–water partition coefficient (Wildman–Crippen LogP) is 1.92. The molecule has 0 bridgehead atoms. The third-order valence-corrected chi connectivity index (χ3v) is 2.94. The molecule has 5 nitrogen and oxygen atoms in total. The molecule has 0 aliphatic rings. The lowest BCUT2D eigenvalue weighted by atomic mass is 10.0. The van der Waals surface area contributed by atoms with Crippen LogP contribution in [0.5, 0.6) is 5.75 Å². The number of benzene rings is 1. The van der Waals surface area contributed by atoms with Crippen LogP contribution in [0, 0.1) is 0 Å². The monoisotopic (exact) mass is 259 g/mol. The highest BCUT2D eigenvalue weighted by molar-refractivity contribution is 6.02. The number of anilines is 1. The van der Waals surface area contributed by atoms with Gasteiger partial charge in [0, 0.05) is 30.4 Å². The lowest BCUT2D eigenvalue weighted by molar-refractivity contribution is 0.0993. The molecule has 0 fully saturated rings. The first-order valence-corrected chi connectivity index (χ1v) is 6.12. The standard InChI is InChI=1S/C14H17N3O2/c1-3-17-9-10(8-16-17)6-14(18)12-7-11(19-2)4-5-13(12)15/h4-5,7-9H,3,6,15H2,1-2H3. The van der Waals surface area contributed by atoms with Crippen molar-refractivity contribution in [3.63, 3.8) is 0 Å². The fraction of sp³-hybridized carbons (Fsp3) is 0.286. The lowest BCUT2D eigenvalue weighted by Crippen LogP contribution is -2.07. The zero-order valence-corrected chi connectivity index (χ0v) is 11.1. The van der Waals surface area contributed by atoms with Gasteiger partial charge in [0.15, 0.2) is 5.78 Å². The minimum Gasteiger partial charge on any atom is -0.497 e. The molecular weight excluding hydrogens is 242 g/mol. The number of carbonyl (C=O) groups is 1. The van der Waals surface area contributed by atoms with Crippen LogP contribution in [0.15, 0.2) is 30.6 Å². The van der Waals surface area contributed by atoms with Crippen molar-refractivity contribution in [3.8, 4) is 5.75 Å². The van der Waals surface area contributed by atoms with Gasteiger partial charge in [-0.05, 0) is 30.7 Å². The molecule has 0 spiro atoms. The van der Waals surface area contributed by atoms with Crippen molar-refractivity contribution >= 4 is 11.5 Å². The van der Waals surface area contributed by atoms with E-state index in [2.05, 4.69) is 5.10 Å². The molecule has 2 aromatic rings. The SMILES string of the molecule is CCn1cc(CC(=O)c2cc(OC)ccc2N)cn1. The maximum absolute atomic E-state index is 12.2. The summed E-state index contributed by atoms with van der Waals surface area (Å²) in [4.78, 5) is 12.2. The van der Waals surface area contributed by atoms with Gasteiger partial charge >= 0.3 is 0 Å². The molecule has 0 saturated carbocycles. The van der Waals surface area contributed by atoms with Crippen LogP contribution in [0.25, 0.3) is 0 Å². The first kappa shape index (κ1) is 13.1. The molecule has 0 aliphatic heterocycles. The molecule has 19 heavy (non-hydrogen) atoms. The Kier molecular flexibility index (Phi) is 3.85. The topological polar surface area (TPSA) is 70.1 Å². The minimum absolute atomic E-state index is 0.0351. The van der Waals surface area contributed by atoms with E-state index in [0.29, 0.717) is 17.0 Å². The Morgan fingerprint density at radius 1 is 1.47 bits per heavy atom. The molecule has 100 valence electrons. The number of methoxy groups -OCH3 is 1. The van der Waals surface area contributed by atoms with E-state index in [1.807, 2.05) is 13.1 Å². The number of nitrogens with two attached hydrogens (primary N) is 1. The summed E-state index contributed by atoms with van der Waals surface area (Å²) in [7, 11) is 1.56. The smallest absolute Gasteiger partial charge is 0.169 e. The van der Waals surface area contributed by atoms with E-state index in [9.17, 15) is 4.79 Å². The van der Waals surface area contributed by atoms with Gasteiger partial charge in [-0.3, -0.25) is 9.48 Å². The lowest BCUT2D eigenvalue weighted by Gasteiger charge is -2.06. The van der Waals surface area contributed by atoms with E-state index in [1.54, 1.807) is 36.2 Å². The zero-order chi connectivity index (χ0) is 13.8. The summed E-state index contributed by atoms with van der Waals surface area (Å²) in [6.45, 7) is 2.79. The molecule has 2 N–H and O–H groups in total. The van der Waals surface area contributed by atoms with Gasteiger partial charge in [0.1, 0.15) is 5.75 Å². The second-order valence-corrected chi connectivity index (χ2v) is 4.26. The van der Waals surface area contributed by atoms with Crippen LogP contribution in [-0.4, -0.2) is 22.7 Å². The molecule has 0 aliphatic carbocycles. The number of hydrogen-bond donors (Lipinski definition) is 1. The number of ketones is 1. The molecule has 0 unspecified atom stereocenters. The molecular formula is C14H17N3O2. The summed E-state index contributed by atoms with van der Waals surface area (Å²) in [5.74, 6) is 0.592. The van der Waals surface area contributed by atoms with E-state index in [1.165, 1.54) is 0 Å². The van der Waals surface area contributed by atoms with Crippen LogP contribution in [0.4, 0.5) is 5.69 Å². The van der Waals surface area contributed by atoms with Gasteiger partial charge in [-0.25, -0.2) is 0 Å². The number of Topliss-reactive ketones (excluding diaryl/α,β-unsaturated/α-hetero) is 1. The highest BCUT2D eigenvalue weighted by Gasteiger charge is 2.13. The highest BCUT2D eigenvalue weighted by atomic mass is 16.5. The summed E-state index contributed by atoms with van der Waals surface area (Å²) in [5, 5.41) is 4.15. The van der Waals surface area contributed by atoms with Crippen molar-refractivity contribution in [1.29, 1.82) is 0 Å². The van der Waals surface area contributed by atoms with E-state index < -0.39 is 0 Å². The van der Waals surface area contributed by atoms with E-state index >= 15 is 0 Å². The van der Waals surface area contributed by atoms with Gasteiger partial charge in [0.2, 0.25) is 0 Å². The Morgan fingerprint density at radius 3 is 2.89 bits per heavy atom. The average Bonchev–Trinajstić information content (AvgIpc) is 2.87. The van der Waals surface area contributed by atoms with Crippen molar-refractivity contribution < 1.29 is 9.53 Å². The van der Waals surface area contributed by atoms with Crippen molar-refractivity contribution in [2.45, 2.75) is 19.9 Å². The quantitative estimate of drug-likeness (QED) is 0.658. The first-order valence-electron chi connectivity index (χ1n) is 6.12. The maximum Gasteiger partial charge on any atom is 0.169 e. The Morgan fingerprint density at radius 2 is 2.26 bits per heavy atom. The van der Waals surface area contributed by atoms with E-state index in [-0.39, 0.29) is 12.2 Å². The van der Waals surface area contributed by atoms with Gasteiger partial charge in [0.25, 0.3) is 0 Å². The third-order valence-electron chi connectivity index (χ3n) is 2.94. The molecule has 5 heteroatoms. The fourth-order valence-electron chi connectivity index (χ4n) is 1.86. The Bertz CT molecular complexity index is 590. The molecule has 0 saturated heterocycles. The number of nitrogens with zero attached hydrogens (tertiary/aromatic N) is 2. The number of ether oxygens (including phenoxy) is 1. The molecule has 2 rings (SSSR count). The number of carbonyl (C=O) groups excluding carboxylic acids is 1. The summed E-state index contributed by atoms with van der Waals surface area (Å²) in [5.41, 5.74) is 7.67. The number of rotatable bonds is 5. The highest BCUT2D eigenvalue weighted by Crippen LogP contribution is 2.21. The largest absolute Gasteiger partial charge is 0.497 e. The molecule has 0 atom stereocenters. The number of aryl methyl sites for hydroxylation is 1. The number of nitrogen functional groups attached to an aromatic ring is 1. The maximum atomic E-state index is 12.2. The second kappa shape index (κ2) is 5.56. The zero-order valence-electron chi connectivity index (χ0n) is 11.1. The average molecular weight is 259 g/mol. The van der Waals surface area contributed by atoms with Crippen molar-refractivity contribution in [2.75, 3.05) is 12.8 Å². The summed E-state index contributed by atoms with van der Waals surface area (Å²) in [6, 6.07) is 5.09. The Labute approximate surface area is 112 Å². The summed E-state index contributed by atoms with van der Waals surface area (Å²) < 4.78 is 6.90. The predicted molar refractivity (Wildman–Crippen MR) is 73.3 cm³/mol.